The van der Waals surface area contributed by atoms with Gasteiger partial charge in [-0.25, -0.2) is 5.06 Å². The van der Waals surface area contributed by atoms with Crippen LogP contribution in [0.4, 0.5) is 5.69 Å². The molecule has 20 heavy (non-hydrogen) atoms. The maximum absolute atomic E-state index is 12.2. The van der Waals surface area contributed by atoms with Crippen molar-refractivity contribution in [3.63, 3.8) is 0 Å². The molecular weight excluding hydrogens is 256 g/mol. The van der Waals surface area contributed by atoms with Gasteiger partial charge in [0.1, 0.15) is 0 Å². The highest BCUT2D eigenvalue weighted by molar-refractivity contribution is 6.00. The van der Waals surface area contributed by atoms with Crippen molar-refractivity contribution in [2.24, 2.45) is 5.92 Å². The van der Waals surface area contributed by atoms with E-state index >= 15 is 0 Å². The monoisotopic (exact) mass is 276 g/mol. The van der Waals surface area contributed by atoms with Crippen LogP contribution in [0.25, 0.3) is 0 Å². The summed E-state index contributed by atoms with van der Waals surface area (Å²) in [6, 6.07) is 7.82. The quantitative estimate of drug-likeness (QED) is 0.785. The first-order chi connectivity index (χ1) is 9.58. The molecule has 0 spiro atoms. The van der Waals surface area contributed by atoms with Crippen LogP contribution >= 0.6 is 0 Å². The topological polar surface area (TPSA) is 49.9 Å². The summed E-state index contributed by atoms with van der Waals surface area (Å²) >= 11 is 0. The zero-order chi connectivity index (χ0) is 14.7. The maximum atomic E-state index is 12.2. The standard InChI is InChI=1S/C15H20N2O3/c1-4-11-7-5-6-8-13(11)17-10-12(9-14(17)18)15(19)16(2)20-3/h5-8,12H,4,9-10H2,1-3H3. The number of hydrogen-bond donors (Lipinski definition) is 0. The van der Waals surface area contributed by atoms with Crippen LogP contribution in [-0.4, -0.2) is 37.6 Å². The number of para-hydroxylation sites is 1. The Hall–Kier alpha value is -1.88. The second-order valence-corrected chi connectivity index (χ2v) is 4.91. The molecule has 1 aliphatic rings. The minimum Gasteiger partial charge on any atom is -0.311 e. The van der Waals surface area contributed by atoms with Gasteiger partial charge in [0.05, 0.1) is 13.0 Å². The van der Waals surface area contributed by atoms with Gasteiger partial charge in [0.2, 0.25) is 5.91 Å². The molecule has 1 fully saturated rings. The van der Waals surface area contributed by atoms with E-state index in [9.17, 15) is 9.59 Å². The van der Waals surface area contributed by atoms with E-state index in [2.05, 4.69) is 6.92 Å². The number of carbonyl (C=O) groups is 2. The van der Waals surface area contributed by atoms with E-state index in [0.717, 1.165) is 17.7 Å². The predicted octanol–water partition coefficient (Wildman–Crippen LogP) is 1.62. The van der Waals surface area contributed by atoms with E-state index in [4.69, 9.17) is 4.84 Å². The maximum Gasteiger partial charge on any atom is 0.251 e. The van der Waals surface area contributed by atoms with Crippen LogP contribution in [0.2, 0.25) is 0 Å². The van der Waals surface area contributed by atoms with E-state index in [1.165, 1.54) is 12.2 Å². The third-order valence-corrected chi connectivity index (χ3v) is 3.72. The minimum atomic E-state index is -0.336. The van der Waals surface area contributed by atoms with Gasteiger partial charge in [0.15, 0.2) is 0 Å². The highest BCUT2D eigenvalue weighted by atomic mass is 16.7. The summed E-state index contributed by atoms with van der Waals surface area (Å²) in [5.41, 5.74) is 2.03. The number of aryl methyl sites for hydroxylation is 1. The van der Waals surface area contributed by atoms with Gasteiger partial charge in [0.25, 0.3) is 5.91 Å². The van der Waals surface area contributed by atoms with Crippen molar-refractivity contribution in [2.75, 3.05) is 25.6 Å². The molecule has 5 nitrogen and oxygen atoms in total. The third-order valence-electron chi connectivity index (χ3n) is 3.72. The van der Waals surface area contributed by atoms with Crippen LogP contribution < -0.4 is 4.90 Å². The highest BCUT2D eigenvalue weighted by Crippen LogP contribution is 2.29. The fourth-order valence-corrected chi connectivity index (χ4v) is 2.53. The molecule has 0 N–H and O–H groups in total. The van der Waals surface area contributed by atoms with Crippen LogP contribution in [0.1, 0.15) is 18.9 Å². The van der Waals surface area contributed by atoms with Crippen molar-refractivity contribution in [2.45, 2.75) is 19.8 Å². The molecule has 0 bridgehead atoms. The molecule has 0 radical (unpaired) electrons. The Balaban J connectivity index is 2.19. The van der Waals surface area contributed by atoms with Crippen molar-refractivity contribution in [3.05, 3.63) is 29.8 Å². The molecule has 1 aromatic rings. The van der Waals surface area contributed by atoms with Gasteiger partial charge >= 0.3 is 0 Å². The first-order valence-electron chi connectivity index (χ1n) is 6.78. The van der Waals surface area contributed by atoms with Crippen LogP contribution in [-0.2, 0) is 20.8 Å². The molecule has 1 heterocycles. The van der Waals surface area contributed by atoms with Crippen LogP contribution in [0, 0.1) is 5.92 Å². The predicted molar refractivity (Wildman–Crippen MR) is 76.1 cm³/mol. The van der Waals surface area contributed by atoms with E-state index in [1.54, 1.807) is 11.9 Å². The second-order valence-electron chi connectivity index (χ2n) is 4.91. The van der Waals surface area contributed by atoms with Gasteiger partial charge in [0, 0.05) is 25.7 Å². The number of anilines is 1. The highest BCUT2D eigenvalue weighted by Gasteiger charge is 2.37. The number of carbonyl (C=O) groups excluding carboxylic acids is 2. The van der Waals surface area contributed by atoms with Gasteiger partial charge in [-0.3, -0.25) is 14.4 Å². The summed E-state index contributed by atoms with van der Waals surface area (Å²) in [5.74, 6) is -0.497. The second kappa shape index (κ2) is 6.05. The lowest BCUT2D eigenvalue weighted by atomic mass is 10.1. The number of nitrogens with zero attached hydrogens (tertiary/aromatic N) is 2. The van der Waals surface area contributed by atoms with Crippen molar-refractivity contribution in [1.82, 2.24) is 5.06 Å². The first-order valence-corrected chi connectivity index (χ1v) is 6.78. The molecule has 0 saturated carbocycles. The molecule has 1 aliphatic heterocycles. The number of hydrogen-bond acceptors (Lipinski definition) is 3. The zero-order valence-corrected chi connectivity index (χ0v) is 12.1. The molecule has 1 saturated heterocycles. The minimum absolute atomic E-state index is 0.00578. The Morgan fingerprint density at radius 2 is 2.15 bits per heavy atom. The summed E-state index contributed by atoms with van der Waals surface area (Å²) in [5, 5.41) is 1.19. The summed E-state index contributed by atoms with van der Waals surface area (Å²) < 4.78 is 0. The average Bonchev–Trinajstić information content (AvgIpc) is 2.87. The van der Waals surface area contributed by atoms with E-state index in [0.29, 0.717) is 6.54 Å². The Morgan fingerprint density at radius 1 is 1.45 bits per heavy atom. The van der Waals surface area contributed by atoms with Gasteiger partial charge in [-0.1, -0.05) is 25.1 Å². The molecule has 2 rings (SSSR count). The molecular formula is C15H20N2O3. The molecule has 2 amide bonds. The Labute approximate surface area is 119 Å². The third kappa shape index (κ3) is 2.67. The Kier molecular flexibility index (Phi) is 4.39. The van der Waals surface area contributed by atoms with Gasteiger partial charge in [-0.2, -0.15) is 0 Å². The number of amides is 2. The van der Waals surface area contributed by atoms with Crippen molar-refractivity contribution >= 4 is 17.5 Å². The molecule has 1 aromatic carbocycles. The molecule has 5 heteroatoms. The fraction of sp³-hybridized carbons (Fsp3) is 0.467. The molecule has 108 valence electrons. The zero-order valence-electron chi connectivity index (χ0n) is 12.1. The average molecular weight is 276 g/mol. The summed E-state index contributed by atoms with van der Waals surface area (Å²) in [7, 11) is 3.01. The SMILES string of the molecule is CCc1ccccc1N1CC(C(=O)N(C)OC)CC1=O. The summed E-state index contributed by atoms with van der Waals surface area (Å²) in [6.45, 7) is 2.48. The van der Waals surface area contributed by atoms with Crippen molar-refractivity contribution in [3.8, 4) is 0 Å². The Bertz CT molecular complexity index is 516. The van der Waals surface area contributed by atoms with Crippen LogP contribution in [0.5, 0.6) is 0 Å². The normalized spacial score (nSPS) is 18.4. The lowest BCUT2D eigenvalue weighted by molar-refractivity contribution is -0.172. The lowest BCUT2D eigenvalue weighted by Crippen LogP contribution is -2.34. The van der Waals surface area contributed by atoms with E-state index in [-0.39, 0.29) is 24.2 Å². The van der Waals surface area contributed by atoms with Crippen molar-refractivity contribution in [1.29, 1.82) is 0 Å². The molecule has 0 aliphatic carbocycles. The van der Waals surface area contributed by atoms with Crippen LogP contribution in [0.15, 0.2) is 24.3 Å². The number of benzene rings is 1. The van der Waals surface area contributed by atoms with E-state index < -0.39 is 0 Å². The van der Waals surface area contributed by atoms with Gasteiger partial charge in [-0.15, -0.1) is 0 Å². The van der Waals surface area contributed by atoms with Gasteiger partial charge in [-0.05, 0) is 18.1 Å². The summed E-state index contributed by atoms with van der Waals surface area (Å²) in [6.07, 6.45) is 1.10. The smallest absolute Gasteiger partial charge is 0.251 e. The van der Waals surface area contributed by atoms with E-state index in [1.807, 2.05) is 24.3 Å². The number of rotatable bonds is 4. The Morgan fingerprint density at radius 3 is 2.80 bits per heavy atom. The first kappa shape index (κ1) is 14.5. The molecule has 1 unspecified atom stereocenters. The summed E-state index contributed by atoms with van der Waals surface area (Å²) in [4.78, 5) is 30.9. The largest absolute Gasteiger partial charge is 0.311 e. The molecule has 0 aromatic heterocycles. The molecule has 1 atom stereocenters. The lowest BCUT2D eigenvalue weighted by Gasteiger charge is -2.21. The van der Waals surface area contributed by atoms with Crippen LogP contribution in [0.3, 0.4) is 0 Å². The van der Waals surface area contributed by atoms with Gasteiger partial charge < -0.3 is 4.90 Å². The fourth-order valence-electron chi connectivity index (χ4n) is 2.53. The van der Waals surface area contributed by atoms with Crippen molar-refractivity contribution < 1.29 is 14.4 Å². The number of hydroxylamine groups is 2.